The van der Waals surface area contributed by atoms with Crippen molar-refractivity contribution >= 4 is 5.69 Å². The van der Waals surface area contributed by atoms with E-state index in [-0.39, 0.29) is 24.4 Å². The van der Waals surface area contributed by atoms with E-state index in [1.54, 1.807) is 13.0 Å². The maximum Gasteiger partial charge on any atom is 0.130 e. The summed E-state index contributed by atoms with van der Waals surface area (Å²) in [6, 6.07) is 4.83. The highest BCUT2D eigenvalue weighted by Crippen LogP contribution is 2.29. The van der Waals surface area contributed by atoms with Gasteiger partial charge in [0.05, 0.1) is 12.7 Å². The van der Waals surface area contributed by atoms with Crippen LogP contribution in [0.5, 0.6) is 0 Å². The molecule has 0 spiro atoms. The molecule has 0 amide bonds. The molecule has 0 bridgehead atoms. The molecule has 0 aromatic heterocycles. The molecule has 0 radical (unpaired) electrons. The first-order valence-electron chi connectivity index (χ1n) is 5.94. The van der Waals surface area contributed by atoms with E-state index in [4.69, 9.17) is 0 Å². The highest BCUT2D eigenvalue weighted by molar-refractivity contribution is 5.54. The summed E-state index contributed by atoms with van der Waals surface area (Å²) in [4.78, 5) is 2.03. The maximum absolute atomic E-state index is 13.5. The SMILES string of the molecule is CC(O)C1CCN(c2cccc(F)c2CO)C1. The molecule has 1 aromatic carbocycles. The monoisotopic (exact) mass is 239 g/mol. The van der Waals surface area contributed by atoms with Crippen molar-refractivity contribution in [2.75, 3.05) is 18.0 Å². The van der Waals surface area contributed by atoms with Crippen LogP contribution in [0.4, 0.5) is 10.1 Å². The molecule has 3 nitrogen and oxygen atoms in total. The van der Waals surface area contributed by atoms with Crippen molar-refractivity contribution in [2.45, 2.75) is 26.1 Å². The molecule has 0 aliphatic carbocycles. The summed E-state index contributed by atoms with van der Waals surface area (Å²) >= 11 is 0. The fourth-order valence-corrected chi connectivity index (χ4v) is 2.40. The van der Waals surface area contributed by atoms with Crippen molar-refractivity contribution in [3.8, 4) is 0 Å². The minimum absolute atomic E-state index is 0.227. The van der Waals surface area contributed by atoms with Gasteiger partial charge in [0.1, 0.15) is 5.82 Å². The van der Waals surface area contributed by atoms with Crippen LogP contribution in [0.1, 0.15) is 18.9 Å². The van der Waals surface area contributed by atoms with E-state index in [2.05, 4.69) is 0 Å². The molecule has 17 heavy (non-hydrogen) atoms. The topological polar surface area (TPSA) is 43.7 Å². The molecule has 1 aliphatic heterocycles. The number of anilines is 1. The Morgan fingerprint density at radius 1 is 1.53 bits per heavy atom. The second-order valence-electron chi connectivity index (χ2n) is 4.63. The van der Waals surface area contributed by atoms with Gasteiger partial charge in [-0.05, 0) is 25.5 Å². The Balaban J connectivity index is 2.21. The lowest BCUT2D eigenvalue weighted by Crippen LogP contribution is -2.25. The molecule has 0 saturated carbocycles. The van der Waals surface area contributed by atoms with Crippen molar-refractivity contribution in [3.63, 3.8) is 0 Å². The average Bonchev–Trinajstić information content (AvgIpc) is 2.77. The highest BCUT2D eigenvalue weighted by atomic mass is 19.1. The smallest absolute Gasteiger partial charge is 0.130 e. The van der Waals surface area contributed by atoms with E-state index in [9.17, 15) is 14.6 Å². The lowest BCUT2D eigenvalue weighted by molar-refractivity contribution is 0.136. The fourth-order valence-electron chi connectivity index (χ4n) is 2.40. The minimum Gasteiger partial charge on any atom is -0.393 e. The van der Waals surface area contributed by atoms with E-state index in [0.29, 0.717) is 12.1 Å². The Morgan fingerprint density at radius 2 is 2.29 bits per heavy atom. The maximum atomic E-state index is 13.5. The number of aliphatic hydroxyl groups excluding tert-OH is 2. The Kier molecular flexibility index (Phi) is 3.64. The molecule has 1 saturated heterocycles. The largest absolute Gasteiger partial charge is 0.393 e. The van der Waals surface area contributed by atoms with Gasteiger partial charge in [-0.1, -0.05) is 6.07 Å². The van der Waals surface area contributed by atoms with Crippen molar-refractivity contribution < 1.29 is 14.6 Å². The molecule has 1 aromatic rings. The normalized spacial score (nSPS) is 21.9. The Bertz CT molecular complexity index is 395. The summed E-state index contributed by atoms with van der Waals surface area (Å²) in [5, 5.41) is 18.8. The summed E-state index contributed by atoms with van der Waals surface area (Å²) in [5.41, 5.74) is 1.09. The zero-order chi connectivity index (χ0) is 12.4. The average molecular weight is 239 g/mol. The first-order valence-corrected chi connectivity index (χ1v) is 5.94. The summed E-state index contributed by atoms with van der Waals surface area (Å²) < 4.78 is 13.5. The van der Waals surface area contributed by atoms with Crippen LogP contribution in [0.3, 0.4) is 0 Å². The molecule has 1 heterocycles. The molecule has 2 atom stereocenters. The van der Waals surface area contributed by atoms with Gasteiger partial charge in [0.15, 0.2) is 0 Å². The lowest BCUT2D eigenvalue weighted by atomic mass is 10.0. The first-order chi connectivity index (χ1) is 8.13. The van der Waals surface area contributed by atoms with Crippen LogP contribution in [0.2, 0.25) is 0 Å². The Morgan fingerprint density at radius 3 is 2.88 bits per heavy atom. The Hall–Kier alpha value is -1.13. The van der Waals surface area contributed by atoms with E-state index in [1.807, 2.05) is 11.0 Å². The van der Waals surface area contributed by atoms with Crippen LogP contribution >= 0.6 is 0 Å². The number of nitrogens with zero attached hydrogens (tertiary/aromatic N) is 1. The third-order valence-electron chi connectivity index (χ3n) is 3.50. The van der Waals surface area contributed by atoms with Crippen LogP contribution < -0.4 is 4.90 Å². The number of hydrogen-bond acceptors (Lipinski definition) is 3. The summed E-state index contributed by atoms with van der Waals surface area (Å²) in [5.74, 6) is -0.143. The van der Waals surface area contributed by atoms with E-state index < -0.39 is 0 Å². The number of halogens is 1. The second-order valence-corrected chi connectivity index (χ2v) is 4.63. The van der Waals surface area contributed by atoms with Crippen LogP contribution in [0.25, 0.3) is 0 Å². The lowest BCUT2D eigenvalue weighted by Gasteiger charge is -2.22. The van der Waals surface area contributed by atoms with Crippen LogP contribution in [0.15, 0.2) is 18.2 Å². The molecular formula is C13H18FNO2. The molecule has 2 rings (SSSR count). The third-order valence-corrected chi connectivity index (χ3v) is 3.50. The van der Waals surface area contributed by atoms with Gasteiger partial charge < -0.3 is 15.1 Å². The molecule has 2 unspecified atom stereocenters. The summed E-state index contributed by atoms with van der Waals surface area (Å²) in [6.07, 6.45) is 0.560. The zero-order valence-electron chi connectivity index (χ0n) is 9.93. The van der Waals surface area contributed by atoms with Gasteiger partial charge in [0.25, 0.3) is 0 Å². The van der Waals surface area contributed by atoms with Crippen molar-refractivity contribution in [1.29, 1.82) is 0 Å². The van der Waals surface area contributed by atoms with Gasteiger partial charge >= 0.3 is 0 Å². The highest BCUT2D eigenvalue weighted by Gasteiger charge is 2.27. The van der Waals surface area contributed by atoms with E-state index in [0.717, 1.165) is 18.7 Å². The molecule has 2 N–H and O–H groups in total. The first kappa shape index (κ1) is 12.3. The minimum atomic E-state index is -0.370. The number of benzene rings is 1. The van der Waals surface area contributed by atoms with Crippen LogP contribution in [-0.2, 0) is 6.61 Å². The second kappa shape index (κ2) is 5.02. The molecule has 1 aliphatic rings. The van der Waals surface area contributed by atoms with Crippen LogP contribution in [-0.4, -0.2) is 29.4 Å². The third kappa shape index (κ3) is 2.42. The zero-order valence-corrected chi connectivity index (χ0v) is 9.93. The van der Waals surface area contributed by atoms with Crippen LogP contribution in [0, 0.1) is 11.7 Å². The predicted octanol–water partition coefficient (Wildman–Crippen LogP) is 1.53. The molecule has 94 valence electrons. The quantitative estimate of drug-likeness (QED) is 0.840. The fraction of sp³-hybridized carbons (Fsp3) is 0.538. The summed E-state index contributed by atoms with van der Waals surface area (Å²) in [7, 11) is 0. The van der Waals surface area contributed by atoms with Gasteiger partial charge in [-0.2, -0.15) is 0 Å². The number of aliphatic hydroxyl groups is 2. The van der Waals surface area contributed by atoms with Gasteiger partial charge in [-0.3, -0.25) is 0 Å². The molecular weight excluding hydrogens is 221 g/mol. The van der Waals surface area contributed by atoms with Crippen molar-refractivity contribution in [3.05, 3.63) is 29.6 Å². The van der Waals surface area contributed by atoms with Gasteiger partial charge in [-0.15, -0.1) is 0 Å². The van der Waals surface area contributed by atoms with Gasteiger partial charge in [0, 0.05) is 30.3 Å². The van der Waals surface area contributed by atoms with E-state index in [1.165, 1.54) is 6.07 Å². The van der Waals surface area contributed by atoms with E-state index >= 15 is 0 Å². The van der Waals surface area contributed by atoms with Gasteiger partial charge in [-0.25, -0.2) is 4.39 Å². The number of hydrogen-bond donors (Lipinski definition) is 2. The number of rotatable bonds is 3. The van der Waals surface area contributed by atoms with Gasteiger partial charge in [0.2, 0.25) is 0 Å². The Labute approximate surface area is 100 Å². The molecule has 4 heteroatoms. The summed E-state index contributed by atoms with van der Waals surface area (Å²) in [6.45, 7) is 3.00. The van der Waals surface area contributed by atoms with Crippen molar-refractivity contribution in [2.24, 2.45) is 5.92 Å². The predicted molar refractivity (Wildman–Crippen MR) is 64.3 cm³/mol. The standard InChI is InChI=1S/C13H18FNO2/c1-9(17)10-5-6-15(7-10)13-4-2-3-12(14)11(13)8-16/h2-4,9-10,16-17H,5-8H2,1H3. The van der Waals surface area contributed by atoms with Crippen molar-refractivity contribution in [1.82, 2.24) is 0 Å². The molecule has 1 fully saturated rings.